The lowest BCUT2D eigenvalue weighted by atomic mass is 10.2. The minimum atomic E-state index is -0.225. The van der Waals surface area contributed by atoms with Crippen LogP contribution in [0.25, 0.3) is 0 Å². The van der Waals surface area contributed by atoms with Crippen molar-refractivity contribution in [2.24, 2.45) is 4.99 Å². The van der Waals surface area contributed by atoms with Crippen LogP contribution in [0.4, 0.5) is 4.79 Å². The summed E-state index contributed by atoms with van der Waals surface area (Å²) < 4.78 is 7.39. The molecule has 0 aromatic carbocycles. The number of amides is 1. The first-order valence-corrected chi connectivity index (χ1v) is 10.5. The molecular weight excluding hydrogens is 358 g/mol. The maximum atomic E-state index is 11.8. The van der Waals surface area contributed by atoms with Gasteiger partial charge in [0.15, 0.2) is 5.96 Å². The van der Waals surface area contributed by atoms with Crippen molar-refractivity contribution < 1.29 is 9.53 Å². The Morgan fingerprint density at radius 3 is 2.64 bits per heavy atom. The van der Waals surface area contributed by atoms with Crippen LogP contribution in [0.3, 0.4) is 0 Å². The van der Waals surface area contributed by atoms with Crippen molar-refractivity contribution in [2.45, 2.75) is 52.0 Å². The molecule has 156 valence electrons. The van der Waals surface area contributed by atoms with Crippen molar-refractivity contribution in [1.29, 1.82) is 0 Å². The number of nitrogens with zero attached hydrogens (tertiary/aromatic N) is 6. The number of nitrogens with one attached hydrogen (secondary N) is 1. The normalized spacial score (nSPS) is 17.9. The van der Waals surface area contributed by atoms with Gasteiger partial charge in [-0.15, -0.1) is 10.2 Å². The number of rotatable bonds is 5. The molecule has 2 aliphatic rings. The number of piperazine rings is 1. The number of carbonyl (C=O) groups is 1. The number of hydrogen-bond acceptors (Lipinski definition) is 5. The van der Waals surface area contributed by atoms with E-state index in [4.69, 9.17) is 4.74 Å². The van der Waals surface area contributed by atoms with E-state index in [0.29, 0.717) is 19.7 Å². The van der Waals surface area contributed by atoms with Gasteiger partial charge in [-0.05, 0) is 26.2 Å². The third-order valence-corrected chi connectivity index (χ3v) is 5.36. The highest BCUT2D eigenvalue weighted by Gasteiger charge is 2.23. The molecule has 1 aromatic heterocycles. The van der Waals surface area contributed by atoms with E-state index in [-0.39, 0.29) is 6.09 Å². The second kappa shape index (κ2) is 10.3. The van der Waals surface area contributed by atoms with E-state index in [0.717, 1.165) is 63.0 Å². The van der Waals surface area contributed by atoms with Crippen molar-refractivity contribution >= 4 is 12.1 Å². The van der Waals surface area contributed by atoms with E-state index in [1.807, 2.05) is 6.92 Å². The highest BCUT2D eigenvalue weighted by atomic mass is 16.6. The zero-order chi connectivity index (χ0) is 19.8. The van der Waals surface area contributed by atoms with E-state index < -0.39 is 0 Å². The molecule has 1 saturated heterocycles. The smallest absolute Gasteiger partial charge is 0.409 e. The molecule has 9 heteroatoms. The summed E-state index contributed by atoms with van der Waals surface area (Å²) >= 11 is 0. The zero-order valence-corrected chi connectivity index (χ0v) is 17.2. The average Bonchev–Trinajstić information content (AvgIpc) is 2.94. The predicted octanol–water partition coefficient (Wildman–Crippen LogP) is 1.29. The highest BCUT2D eigenvalue weighted by Crippen LogP contribution is 2.15. The number of aliphatic imine (C=N–C) groups is 1. The SMILES string of the molecule is CCOC(=O)N1CCN(C(=NC)NCCCc2nnc3n2CCCCC3)CC1. The molecule has 3 rings (SSSR count). The summed E-state index contributed by atoms with van der Waals surface area (Å²) in [6.07, 6.45) is 6.46. The molecule has 1 fully saturated rings. The van der Waals surface area contributed by atoms with Crippen LogP contribution in [0, 0.1) is 0 Å². The summed E-state index contributed by atoms with van der Waals surface area (Å²) in [7, 11) is 1.80. The molecule has 2 aliphatic heterocycles. The fraction of sp³-hybridized carbons (Fsp3) is 0.789. The summed E-state index contributed by atoms with van der Waals surface area (Å²) in [5, 5.41) is 12.2. The maximum absolute atomic E-state index is 11.8. The Bertz CT molecular complexity index is 665. The Balaban J connectivity index is 1.41. The van der Waals surface area contributed by atoms with Gasteiger partial charge in [0.05, 0.1) is 6.61 Å². The lowest BCUT2D eigenvalue weighted by Crippen LogP contribution is -2.54. The Morgan fingerprint density at radius 2 is 1.89 bits per heavy atom. The first kappa shape index (κ1) is 20.4. The van der Waals surface area contributed by atoms with Crippen LogP contribution < -0.4 is 5.32 Å². The number of fused-ring (bicyclic) bond motifs is 1. The van der Waals surface area contributed by atoms with Gasteiger partial charge >= 0.3 is 6.09 Å². The van der Waals surface area contributed by atoms with Crippen LogP contribution in [0.5, 0.6) is 0 Å². The number of guanidine groups is 1. The minimum absolute atomic E-state index is 0.225. The van der Waals surface area contributed by atoms with Crippen LogP contribution in [-0.4, -0.2) is 83.0 Å². The largest absolute Gasteiger partial charge is 0.450 e. The summed E-state index contributed by atoms with van der Waals surface area (Å²) in [5.74, 6) is 3.15. The van der Waals surface area contributed by atoms with E-state index in [9.17, 15) is 4.79 Å². The molecule has 9 nitrogen and oxygen atoms in total. The number of ether oxygens (including phenoxy) is 1. The maximum Gasteiger partial charge on any atom is 0.409 e. The molecule has 0 radical (unpaired) electrons. The number of carbonyl (C=O) groups excluding carboxylic acids is 1. The lowest BCUT2D eigenvalue weighted by molar-refractivity contribution is 0.0914. The van der Waals surface area contributed by atoms with Crippen molar-refractivity contribution in [3.05, 3.63) is 11.6 Å². The lowest BCUT2D eigenvalue weighted by Gasteiger charge is -2.35. The van der Waals surface area contributed by atoms with Gasteiger partial charge in [0.2, 0.25) is 0 Å². The van der Waals surface area contributed by atoms with Gasteiger partial charge in [0.1, 0.15) is 11.6 Å². The first-order valence-electron chi connectivity index (χ1n) is 10.5. The summed E-state index contributed by atoms with van der Waals surface area (Å²) in [6.45, 7) is 6.97. The Kier molecular flexibility index (Phi) is 7.50. The van der Waals surface area contributed by atoms with Crippen molar-refractivity contribution in [1.82, 2.24) is 29.9 Å². The molecule has 0 saturated carbocycles. The first-order chi connectivity index (χ1) is 13.7. The molecule has 1 amide bonds. The van der Waals surface area contributed by atoms with Crippen molar-refractivity contribution in [3.63, 3.8) is 0 Å². The van der Waals surface area contributed by atoms with Gasteiger partial charge in [-0.1, -0.05) is 6.42 Å². The van der Waals surface area contributed by atoms with Gasteiger partial charge in [-0.25, -0.2) is 4.79 Å². The van der Waals surface area contributed by atoms with Crippen molar-refractivity contribution in [3.8, 4) is 0 Å². The summed E-state index contributed by atoms with van der Waals surface area (Å²) in [5.41, 5.74) is 0. The van der Waals surface area contributed by atoms with E-state index >= 15 is 0 Å². The van der Waals surface area contributed by atoms with Crippen molar-refractivity contribution in [2.75, 3.05) is 46.4 Å². The monoisotopic (exact) mass is 391 g/mol. The number of hydrogen-bond donors (Lipinski definition) is 1. The molecule has 0 spiro atoms. The molecule has 28 heavy (non-hydrogen) atoms. The van der Waals surface area contributed by atoms with Gasteiger partial charge in [0.25, 0.3) is 0 Å². The molecule has 0 bridgehead atoms. The van der Waals surface area contributed by atoms with Gasteiger partial charge in [-0.3, -0.25) is 4.99 Å². The number of aryl methyl sites for hydroxylation is 2. The zero-order valence-electron chi connectivity index (χ0n) is 17.2. The Labute approximate surface area is 167 Å². The van der Waals surface area contributed by atoms with Crippen LogP contribution in [0.15, 0.2) is 4.99 Å². The van der Waals surface area contributed by atoms with E-state index in [2.05, 4.69) is 30.0 Å². The third kappa shape index (κ3) is 5.14. The Hall–Kier alpha value is -2.32. The summed E-state index contributed by atoms with van der Waals surface area (Å²) in [6, 6.07) is 0. The molecule has 1 N–H and O–H groups in total. The fourth-order valence-corrected chi connectivity index (χ4v) is 3.82. The van der Waals surface area contributed by atoms with E-state index in [1.54, 1.807) is 11.9 Å². The predicted molar refractivity (Wildman–Crippen MR) is 107 cm³/mol. The average molecular weight is 392 g/mol. The van der Waals surface area contributed by atoms with Crippen LogP contribution in [-0.2, 0) is 24.1 Å². The second-order valence-corrected chi connectivity index (χ2v) is 7.25. The molecule has 0 unspecified atom stereocenters. The molecule has 0 atom stereocenters. The standard InChI is InChI=1S/C19H33N7O2/c1-3-28-19(27)25-14-12-24(13-15-25)18(20-2)21-10-7-9-17-23-22-16-8-5-4-6-11-26(16)17/h3-15H2,1-2H3,(H,20,21). The summed E-state index contributed by atoms with van der Waals surface area (Å²) in [4.78, 5) is 20.2. The van der Waals surface area contributed by atoms with Gasteiger partial charge < -0.3 is 24.4 Å². The highest BCUT2D eigenvalue weighted by molar-refractivity contribution is 5.80. The second-order valence-electron chi connectivity index (χ2n) is 7.25. The third-order valence-electron chi connectivity index (χ3n) is 5.36. The van der Waals surface area contributed by atoms with Crippen LogP contribution in [0.2, 0.25) is 0 Å². The molecule has 1 aromatic rings. The molecular formula is C19H33N7O2. The van der Waals surface area contributed by atoms with Gasteiger partial charge in [0, 0.05) is 59.2 Å². The Morgan fingerprint density at radius 1 is 1.11 bits per heavy atom. The fourth-order valence-electron chi connectivity index (χ4n) is 3.82. The van der Waals surface area contributed by atoms with Crippen LogP contribution >= 0.6 is 0 Å². The molecule has 3 heterocycles. The van der Waals surface area contributed by atoms with Crippen LogP contribution in [0.1, 0.15) is 44.3 Å². The van der Waals surface area contributed by atoms with Gasteiger partial charge in [-0.2, -0.15) is 0 Å². The topological polar surface area (TPSA) is 87.9 Å². The minimum Gasteiger partial charge on any atom is -0.450 e. The van der Waals surface area contributed by atoms with E-state index in [1.165, 1.54) is 19.3 Å². The number of aromatic nitrogens is 3. The molecule has 0 aliphatic carbocycles. The quantitative estimate of drug-likeness (QED) is 0.462.